The van der Waals surface area contributed by atoms with E-state index in [2.05, 4.69) is 5.32 Å². The van der Waals surface area contributed by atoms with Gasteiger partial charge < -0.3 is 5.32 Å². The molecule has 0 aliphatic heterocycles. The molecule has 0 heterocycles. The fraction of sp³-hybridized carbons (Fsp3) is 0.667. The number of hydrogen-bond acceptors (Lipinski definition) is 2. The van der Waals surface area contributed by atoms with Gasteiger partial charge in [0.05, 0.1) is 0 Å². The van der Waals surface area contributed by atoms with Crippen LogP contribution in [0.25, 0.3) is 0 Å². The summed E-state index contributed by atoms with van der Waals surface area (Å²) in [5.74, 6) is 0.0548. The molecule has 0 radical (unpaired) electrons. The Kier molecular flexibility index (Phi) is 4.22. The summed E-state index contributed by atoms with van der Waals surface area (Å²) in [7, 11) is 1.63. The van der Waals surface area contributed by atoms with Gasteiger partial charge in [-0.1, -0.05) is 12.2 Å². The first-order chi connectivity index (χ1) is 4.16. The summed E-state index contributed by atoms with van der Waals surface area (Å²) in [6.45, 7) is 1.85. The van der Waals surface area contributed by atoms with E-state index in [0.29, 0.717) is 6.42 Å². The zero-order chi connectivity index (χ0) is 7.28. The molecular weight excluding hydrogens is 134 g/mol. The number of hydrogen-bond donors (Lipinski definition) is 1. The predicted octanol–water partition coefficient (Wildman–Crippen LogP) is 0.902. The average molecular weight is 145 g/mol. The second-order valence-corrected chi connectivity index (χ2v) is 2.57. The average Bonchev–Trinajstić information content (AvgIpc) is 1.83. The number of rotatable bonds is 3. The summed E-state index contributed by atoms with van der Waals surface area (Å²) in [6, 6.07) is 0. The predicted molar refractivity (Wildman–Crippen MR) is 41.6 cm³/mol. The van der Waals surface area contributed by atoms with Crippen LogP contribution in [-0.4, -0.2) is 17.8 Å². The lowest BCUT2D eigenvalue weighted by Crippen LogP contribution is -2.17. The third-order valence-electron chi connectivity index (χ3n) is 0.983. The van der Waals surface area contributed by atoms with Crippen LogP contribution in [0.1, 0.15) is 19.8 Å². The van der Waals surface area contributed by atoms with Crippen molar-refractivity contribution in [3.63, 3.8) is 0 Å². The molecule has 1 amide bonds. The standard InChI is InChI=1S/C6H11NOS/c1-5(9)3-4-6(8)7-2/h3-4H2,1-2H3,(H,7,8). The zero-order valence-corrected chi connectivity index (χ0v) is 6.55. The van der Waals surface area contributed by atoms with Gasteiger partial charge in [-0.25, -0.2) is 0 Å². The van der Waals surface area contributed by atoms with Crippen LogP contribution in [0.2, 0.25) is 0 Å². The van der Waals surface area contributed by atoms with Gasteiger partial charge in [0.1, 0.15) is 0 Å². The Morgan fingerprint density at radius 2 is 2.11 bits per heavy atom. The molecule has 0 fully saturated rings. The minimum Gasteiger partial charge on any atom is -0.359 e. The van der Waals surface area contributed by atoms with Crippen molar-refractivity contribution in [2.45, 2.75) is 19.8 Å². The van der Waals surface area contributed by atoms with E-state index in [1.165, 1.54) is 0 Å². The third kappa shape index (κ3) is 5.43. The molecule has 0 spiro atoms. The van der Waals surface area contributed by atoms with Crippen molar-refractivity contribution in [3.8, 4) is 0 Å². The number of carbonyl (C=O) groups excluding carboxylic acids is 1. The third-order valence-corrected chi connectivity index (χ3v) is 1.19. The molecule has 0 saturated carbocycles. The van der Waals surface area contributed by atoms with E-state index in [4.69, 9.17) is 12.2 Å². The van der Waals surface area contributed by atoms with E-state index in [-0.39, 0.29) is 5.91 Å². The molecule has 0 unspecified atom stereocenters. The molecule has 2 nitrogen and oxygen atoms in total. The molecule has 0 aromatic heterocycles. The maximum Gasteiger partial charge on any atom is 0.220 e. The van der Waals surface area contributed by atoms with E-state index in [1.807, 2.05) is 6.92 Å². The van der Waals surface area contributed by atoms with Crippen molar-refractivity contribution < 1.29 is 4.79 Å². The first-order valence-corrected chi connectivity index (χ1v) is 3.27. The van der Waals surface area contributed by atoms with E-state index in [9.17, 15) is 4.79 Å². The molecule has 0 saturated heterocycles. The van der Waals surface area contributed by atoms with Gasteiger partial charge in [0.25, 0.3) is 0 Å². The van der Waals surface area contributed by atoms with E-state index in [0.717, 1.165) is 11.3 Å². The highest BCUT2D eigenvalue weighted by Gasteiger charge is 1.96. The molecule has 0 aliphatic rings. The summed E-state index contributed by atoms with van der Waals surface area (Å²) < 4.78 is 0. The van der Waals surface area contributed by atoms with Crippen LogP contribution in [0.15, 0.2) is 0 Å². The first kappa shape index (κ1) is 8.56. The fourth-order valence-electron chi connectivity index (χ4n) is 0.415. The minimum atomic E-state index is 0.0548. The Bertz CT molecular complexity index is 122. The molecule has 0 rings (SSSR count). The topological polar surface area (TPSA) is 29.1 Å². The first-order valence-electron chi connectivity index (χ1n) is 2.87. The number of amides is 1. The Labute approximate surface area is 60.6 Å². The van der Waals surface area contributed by atoms with Gasteiger partial charge in [0, 0.05) is 13.5 Å². The van der Waals surface area contributed by atoms with Crippen LogP contribution in [0.3, 0.4) is 0 Å². The number of thiocarbonyl (C=S) groups is 1. The Morgan fingerprint density at radius 1 is 1.56 bits per heavy atom. The van der Waals surface area contributed by atoms with Crippen LogP contribution >= 0.6 is 12.2 Å². The van der Waals surface area contributed by atoms with Crippen LogP contribution in [0, 0.1) is 0 Å². The van der Waals surface area contributed by atoms with Crippen molar-refractivity contribution in [1.82, 2.24) is 5.32 Å². The highest BCUT2D eigenvalue weighted by Crippen LogP contribution is 1.90. The van der Waals surface area contributed by atoms with E-state index >= 15 is 0 Å². The largest absolute Gasteiger partial charge is 0.359 e. The summed E-state index contributed by atoms with van der Waals surface area (Å²) in [5.41, 5.74) is 0. The fourth-order valence-corrected chi connectivity index (χ4v) is 0.517. The van der Waals surface area contributed by atoms with Gasteiger partial charge in [0.15, 0.2) is 0 Å². The highest BCUT2D eigenvalue weighted by atomic mass is 32.1. The van der Waals surface area contributed by atoms with Crippen molar-refractivity contribution in [3.05, 3.63) is 0 Å². The monoisotopic (exact) mass is 145 g/mol. The molecule has 0 aliphatic carbocycles. The minimum absolute atomic E-state index is 0.0548. The van der Waals surface area contributed by atoms with Crippen molar-refractivity contribution in [2.24, 2.45) is 0 Å². The van der Waals surface area contributed by atoms with Crippen LogP contribution < -0.4 is 5.32 Å². The maximum atomic E-state index is 10.5. The number of carbonyl (C=O) groups is 1. The summed E-state index contributed by atoms with van der Waals surface area (Å²) in [6.07, 6.45) is 1.24. The molecule has 0 atom stereocenters. The SMILES string of the molecule is CNC(=O)CCC(C)=S. The summed E-state index contributed by atoms with van der Waals surface area (Å²) in [5, 5.41) is 2.52. The Hall–Kier alpha value is -0.440. The second-order valence-electron chi connectivity index (χ2n) is 1.88. The molecular formula is C6H11NOS. The number of nitrogens with one attached hydrogen (secondary N) is 1. The Morgan fingerprint density at radius 3 is 2.44 bits per heavy atom. The van der Waals surface area contributed by atoms with E-state index in [1.54, 1.807) is 7.05 Å². The maximum absolute atomic E-state index is 10.5. The lowest BCUT2D eigenvalue weighted by Gasteiger charge is -1.95. The molecule has 0 aromatic rings. The highest BCUT2D eigenvalue weighted by molar-refractivity contribution is 7.80. The molecule has 9 heavy (non-hydrogen) atoms. The van der Waals surface area contributed by atoms with Crippen molar-refractivity contribution in [1.29, 1.82) is 0 Å². The zero-order valence-electron chi connectivity index (χ0n) is 5.73. The molecule has 52 valence electrons. The van der Waals surface area contributed by atoms with Crippen LogP contribution in [0.5, 0.6) is 0 Å². The normalized spacial score (nSPS) is 8.67. The van der Waals surface area contributed by atoms with Gasteiger partial charge in [-0.3, -0.25) is 4.79 Å². The van der Waals surface area contributed by atoms with Crippen molar-refractivity contribution >= 4 is 23.0 Å². The summed E-state index contributed by atoms with van der Waals surface area (Å²) in [4.78, 5) is 11.4. The Balaban J connectivity index is 3.28. The van der Waals surface area contributed by atoms with Crippen molar-refractivity contribution in [2.75, 3.05) is 7.05 Å². The smallest absolute Gasteiger partial charge is 0.220 e. The van der Waals surface area contributed by atoms with Gasteiger partial charge in [-0.15, -0.1) is 0 Å². The summed E-state index contributed by atoms with van der Waals surface area (Å²) >= 11 is 4.78. The quantitative estimate of drug-likeness (QED) is 0.598. The lowest BCUT2D eigenvalue weighted by atomic mass is 10.2. The van der Waals surface area contributed by atoms with Crippen LogP contribution in [-0.2, 0) is 4.79 Å². The second kappa shape index (κ2) is 4.44. The van der Waals surface area contributed by atoms with Gasteiger partial charge in [-0.05, 0) is 18.2 Å². The molecule has 0 bridgehead atoms. The van der Waals surface area contributed by atoms with Crippen LogP contribution in [0.4, 0.5) is 0 Å². The van der Waals surface area contributed by atoms with Gasteiger partial charge in [-0.2, -0.15) is 0 Å². The molecule has 0 aromatic carbocycles. The van der Waals surface area contributed by atoms with Gasteiger partial charge in [0.2, 0.25) is 5.91 Å². The lowest BCUT2D eigenvalue weighted by molar-refractivity contribution is -0.120. The molecule has 3 heteroatoms. The molecule has 1 N–H and O–H groups in total. The van der Waals surface area contributed by atoms with Gasteiger partial charge >= 0.3 is 0 Å². The van der Waals surface area contributed by atoms with E-state index < -0.39 is 0 Å².